The zero-order valence-electron chi connectivity index (χ0n) is 14.8. The molecular weight excluding hydrogens is 322 g/mol. The Bertz CT molecular complexity index is 526. The lowest BCUT2D eigenvalue weighted by Gasteiger charge is -2.27. The van der Waals surface area contributed by atoms with E-state index in [9.17, 15) is 4.79 Å². The molecule has 1 heterocycles. The second-order valence-corrected chi connectivity index (χ2v) is 7.15. The van der Waals surface area contributed by atoms with Crippen molar-refractivity contribution in [3.63, 3.8) is 0 Å². The van der Waals surface area contributed by atoms with Gasteiger partial charge in [-0.15, -0.1) is 12.4 Å². The minimum Gasteiger partial charge on any atom is -0.355 e. The molecule has 2 aliphatic rings. The summed E-state index contributed by atoms with van der Waals surface area (Å²) in [6.07, 6.45) is 1.00. The Hall–Kier alpha value is -1.10. The highest BCUT2D eigenvalue weighted by Gasteiger charge is 2.43. The lowest BCUT2D eigenvalue weighted by Crippen LogP contribution is -2.46. The molecule has 134 valence electrons. The maximum Gasteiger partial charge on any atom is 0.223 e. The molecule has 1 saturated heterocycles. The summed E-state index contributed by atoms with van der Waals surface area (Å²) in [7, 11) is 0. The molecule has 4 nitrogen and oxygen atoms in total. The van der Waals surface area contributed by atoms with Crippen LogP contribution in [0.25, 0.3) is 0 Å². The molecule has 1 amide bonds. The summed E-state index contributed by atoms with van der Waals surface area (Å²) in [4.78, 5) is 14.7. The predicted molar refractivity (Wildman–Crippen MR) is 101 cm³/mol. The van der Waals surface area contributed by atoms with Gasteiger partial charge in [-0.1, -0.05) is 38.1 Å². The van der Waals surface area contributed by atoms with Gasteiger partial charge in [-0.2, -0.15) is 0 Å². The average molecular weight is 352 g/mol. The van der Waals surface area contributed by atoms with Gasteiger partial charge < -0.3 is 10.6 Å². The first-order valence-electron chi connectivity index (χ1n) is 8.96. The lowest BCUT2D eigenvalue weighted by atomic mass is 10.00. The van der Waals surface area contributed by atoms with Crippen LogP contribution in [0.15, 0.2) is 24.3 Å². The van der Waals surface area contributed by atoms with Crippen molar-refractivity contribution in [2.75, 3.05) is 39.3 Å². The molecule has 2 fully saturated rings. The van der Waals surface area contributed by atoms with E-state index < -0.39 is 0 Å². The van der Waals surface area contributed by atoms with Gasteiger partial charge in [0, 0.05) is 45.2 Å². The molecule has 1 saturated carbocycles. The summed E-state index contributed by atoms with van der Waals surface area (Å²) in [5.74, 6) is 1.41. The maximum absolute atomic E-state index is 12.3. The van der Waals surface area contributed by atoms with E-state index in [1.807, 2.05) is 0 Å². The van der Waals surface area contributed by atoms with Gasteiger partial charge in [-0.05, 0) is 29.4 Å². The molecule has 1 aliphatic carbocycles. The van der Waals surface area contributed by atoms with E-state index in [2.05, 4.69) is 53.6 Å². The van der Waals surface area contributed by atoms with Crippen molar-refractivity contribution in [2.24, 2.45) is 5.92 Å². The smallest absolute Gasteiger partial charge is 0.223 e. The topological polar surface area (TPSA) is 44.4 Å². The number of nitrogens with zero attached hydrogens (tertiary/aromatic N) is 1. The van der Waals surface area contributed by atoms with Crippen molar-refractivity contribution < 1.29 is 4.79 Å². The van der Waals surface area contributed by atoms with Crippen LogP contribution in [0.5, 0.6) is 0 Å². The Morgan fingerprint density at radius 2 is 1.92 bits per heavy atom. The predicted octanol–water partition coefficient (Wildman–Crippen LogP) is 2.36. The third-order valence-corrected chi connectivity index (χ3v) is 5.10. The Morgan fingerprint density at radius 1 is 1.25 bits per heavy atom. The zero-order valence-corrected chi connectivity index (χ0v) is 15.6. The standard InChI is InChI=1S/C19H29N3O.ClH/c1-14(2)15-3-5-16(6-4-15)17-13-18(17)19(23)21-9-12-22-10-7-20-8-11-22;/h3-6,14,17-18,20H,7-13H2,1-2H3,(H,21,23);1H. The van der Waals surface area contributed by atoms with E-state index in [0.717, 1.165) is 45.7 Å². The van der Waals surface area contributed by atoms with Gasteiger partial charge in [0.1, 0.15) is 0 Å². The number of nitrogens with one attached hydrogen (secondary N) is 2. The fraction of sp³-hybridized carbons (Fsp3) is 0.632. The first-order chi connectivity index (χ1) is 11.1. The minimum absolute atomic E-state index is 0. The molecule has 1 aromatic rings. The van der Waals surface area contributed by atoms with E-state index in [1.165, 1.54) is 11.1 Å². The summed E-state index contributed by atoms with van der Waals surface area (Å²) in [6.45, 7) is 10.5. The second-order valence-electron chi connectivity index (χ2n) is 7.15. The van der Waals surface area contributed by atoms with Crippen LogP contribution in [0.1, 0.15) is 43.2 Å². The number of rotatable bonds is 6. The van der Waals surface area contributed by atoms with Crippen LogP contribution in [-0.2, 0) is 4.79 Å². The normalized spacial score (nSPS) is 23.6. The third kappa shape index (κ3) is 4.95. The molecule has 0 spiro atoms. The van der Waals surface area contributed by atoms with Crippen molar-refractivity contribution in [3.8, 4) is 0 Å². The summed E-state index contributed by atoms with van der Waals surface area (Å²) in [5.41, 5.74) is 2.68. The second kappa shape index (κ2) is 8.84. The number of amides is 1. The van der Waals surface area contributed by atoms with E-state index >= 15 is 0 Å². The molecule has 2 unspecified atom stereocenters. The molecule has 0 bridgehead atoms. The molecule has 5 heteroatoms. The van der Waals surface area contributed by atoms with Crippen molar-refractivity contribution in [1.82, 2.24) is 15.5 Å². The largest absolute Gasteiger partial charge is 0.355 e. The summed E-state index contributed by atoms with van der Waals surface area (Å²) >= 11 is 0. The Kier molecular flexibility index (Phi) is 7.08. The van der Waals surface area contributed by atoms with E-state index in [-0.39, 0.29) is 24.2 Å². The molecule has 24 heavy (non-hydrogen) atoms. The van der Waals surface area contributed by atoms with Gasteiger partial charge in [-0.3, -0.25) is 9.69 Å². The number of halogens is 1. The Morgan fingerprint density at radius 3 is 2.54 bits per heavy atom. The van der Waals surface area contributed by atoms with Gasteiger partial charge in [0.05, 0.1) is 0 Å². The van der Waals surface area contributed by atoms with Gasteiger partial charge in [0.15, 0.2) is 0 Å². The van der Waals surface area contributed by atoms with Crippen molar-refractivity contribution in [1.29, 1.82) is 0 Å². The van der Waals surface area contributed by atoms with Gasteiger partial charge in [0.2, 0.25) is 5.91 Å². The fourth-order valence-electron chi connectivity index (χ4n) is 3.38. The SMILES string of the molecule is CC(C)c1ccc(C2CC2C(=O)NCCN2CCNCC2)cc1.Cl. The third-order valence-electron chi connectivity index (χ3n) is 5.10. The Labute approximate surface area is 151 Å². The van der Waals surface area contributed by atoms with Gasteiger partial charge >= 0.3 is 0 Å². The molecule has 0 radical (unpaired) electrons. The summed E-state index contributed by atoms with van der Waals surface area (Å²) < 4.78 is 0. The first-order valence-corrected chi connectivity index (χ1v) is 8.96. The summed E-state index contributed by atoms with van der Waals surface area (Å²) in [6, 6.07) is 8.82. The summed E-state index contributed by atoms with van der Waals surface area (Å²) in [5, 5.41) is 6.47. The number of carbonyl (C=O) groups is 1. The molecular formula is C19H30ClN3O. The maximum atomic E-state index is 12.3. The fourth-order valence-corrected chi connectivity index (χ4v) is 3.38. The van der Waals surface area contributed by atoms with Crippen LogP contribution in [0.3, 0.4) is 0 Å². The monoisotopic (exact) mass is 351 g/mol. The Balaban J connectivity index is 0.00000208. The number of piperazine rings is 1. The molecule has 2 N–H and O–H groups in total. The quantitative estimate of drug-likeness (QED) is 0.827. The first kappa shape index (κ1) is 19.2. The highest BCUT2D eigenvalue weighted by Crippen LogP contribution is 2.47. The number of hydrogen-bond donors (Lipinski definition) is 2. The number of carbonyl (C=O) groups excluding carboxylic acids is 1. The van der Waals surface area contributed by atoms with Crippen LogP contribution in [0.2, 0.25) is 0 Å². The van der Waals surface area contributed by atoms with Crippen LogP contribution >= 0.6 is 12.4 Å². The van der Waals surface area contributed by atoms with Crippen LogP contribution in [0.4, 0.5) is 0 Å². The van der Waals surface area contributed by atoms with Crippen LogP contribution in [-0.4, -0.2) is 50.1 Å². The highest BCUT2D eigenvalue weighted by molar-refractivity contribution is 5.85. The van der Waals surface area contributed by atoms with Gasteiger partial charge in [-0.25, -0.2) is 0 Å². The molecule has 1 aromatic carbocycles. The van der Waals surface area contributed by atoms with Crippen LogP contribution < -0.4 is 10.6 Å². The van der Waals surface area contributed by atoms with E-state index in [4.69, 9.17) is 0 Å². The number of hydrogen-bond acceptors (Lipinski definition) is 3. The van der Waals surface area contributed by atoms with E-state index in [0.29, 0.717) is 11.8 Å². The van der Waals surface area contributed by atoms with Crippen LogP contribution in [0, 0.1) is 5.92 Å². The molecule has 2 atom stereocenters. The average Bonchev–Trinajstić information content (AvgIpc) is 3.36. The molecule has 0 aromatic heterocycles. The zero-order chi connectivity index (χ0) is 16.2. The minimum atomic E-state index is 0. The molecule has 3 rings (SSSR count). The van der Waals surface area contributed by atoms with Gasteiger partial charge in [0.25, 0.3) is 0 Å². The highest BCUT2D eigenvalue weighted by atomic mass is 35.5. The lowest BCUT2D eigenvalue weighted by molar-refractivity contribution is -0.122. The molecule has 1 aliphatic heterocycles. The van der Waals surface area contributed by atoms with Crippen molar-refractivity contribution in [3.05, 3.63) is 35.4 Å². The van der Waals surface area contributed by atoms with Crippen molar-refractivity contribution >= 4 is 18.3 Å². The van der Waals surface area contributed by atoms with E-state index in [1.54, 1.807) is 0 Å². The van der Waals surface area contributed by atoms with Crippen molar-refractivity contribution in [2.45, 2.75) is 32.1 Å². The number of benzene rings is 1.